The molecular formula is C15H21NO4S. The standard InChI is InChI=1S/C15H21NO4S/c1-12(17)13-6-5-8-15(10-13)21(18,19)16(2)11-14-7-3-4-9-20-14/h5-6,8,10,14H,3-4,7,9,11H2,1-2H3. The summed E-state index contributed by atoms with van der Waals surface area (Å²) in [5.41, 5.74) is 0.401. The van der Waals surface area contributed by atoms with Crippen LogP contribution in [0, 0.1) is 0 Å². The second-order valence-electron chi connectivity index (χ2n) is 5.36. The van der Waals surface area contributed by atoms with Crippen LogP contribution < -0.4 is 0 Å². The lowest BCUT2D eigenvalue weighted by atomic mass is 10.1. The first-order valence-corrected chi connectivity index (χ1v) is 8.54. The van der Waals surface area contributed by atoms with Gasteiger partial charge in [0.05, 0.1) is 11.0 Å². The molecule has 0 N–H and O–H groups in total. The summed E-state index contributed by atoms with van der Waals surface area (Å²) in [6.45, 7) is 2.45. The molecule has 116 valence electrons. The number of Topliss-reactive ketones (excluding diaryl/α,β-unsaturated/α-hetero) is 1. The molecule has 1 unspecified atom stereocenters. The van der Waals surface area contributed by atoms with E-state index in [-0.39, 0.29) is 16.8 Å². The van der Waals surface area contributed by atoms with Gasteiger partial charge in [0.2, 0.25) is 10.0 Å². The molecule has 6 heteroatoms. The molecule has 0 radical (unpaired) electrons. The minimum atomic E-state index is -3.59. The smallest absolute Gasteiger partial charge is 0.242 e. The Kier molecular flexibility index (Phi) is 5.13. The van der Waals surface area contributed by atoms with E-state index in [4.69, 9.17) is 4.74 Å². The molecule has 1 fully saturated rings. The normalized spacial score (nSPS) is 19.7. The summed E-state index contributed by atoms with van der Waals surface area (Å²) in [4.78, 5) is 11.5. The number of carbonyl (C=O) groups is 1. The second kappa shape index (κ2) is 6.68. The molecule has 1 aliphatic rings. The third kappa shape index (κ3) is 3.90. The predicted octanol–water partition coefficient (Wildman–Crippen LogP) is 2.08. The molecule has 5 nitrogen and oxygen atoms in total. The van der Waals surface area contributed by atoms with Crippen molar-refractivity contribution in [3.63, 3.8) is 0 Å². The fourth-order valence-electron chi connectivity index (χ4n) is 2.39. The summed E-state index contributed by atoms with van der Waals surface area (Å²) in [5, 5.41) is 0. The van der Waals surface area contributed by atoms with Crippen LogP contribution in [0.3, 0.4) is 0 Å². The second-order valence-corrected chi connectivity index (χ2v) is 7.40. The minimum Gasteiger partial charge on any atom is -0.377 e. The van der Waals surface area contributed by atoms with Crippen LogP contribution in [0.2, 0.25) is 0 Å². The van der Waals surface area contributed by atoms with Crippen LogP contribution in [0.4, 0.5) is 0 Å². The largest absolute Gasteiger partial charge is 0.377 e. The summed E-state index contributed by atoms with van der Waals surface area (Å²) in [5.74, 6) is -0.148. The van der Waals surface area contributed by atoms with E-state index in [9.17, 15) is 13.2 Å². The lowest BCUT2D eigenvalue weighted by Gasteiger charge is -2.27. The molecule has 1 atom stereocenters. The van der Waals surface area contributed by atoms with Crippen LogP contribution in [0.1, 0.15) is 36.5 Å². The topological polar surface area (TPSA) is 63.7 Å². The van der Waals surface area contributed by atoms with Crippen molar-refractivity contribution in [1.82, 2.24) is 4.31 Å². The van der Waals surface area contributed by atoms with Gasteiger partial charge in [-0.2, -0.15) is 4.31 Å². The third-order valence-corrected chi connectivity index (χ3v) is 5.50. The number of nitrogens with zero attached hydrogens (tertiary/aromatic N) is 1. The Balaban J connectivity index is 2.16. The van der Waals surface area contributed by atoms with Gasteiger partial charge in [-0.15, -0.1) is 0 Å². The zero-order valence-electron chi connectivity index (χ0n) is 12.4. The first-order chi connectivity index (χ1) is 9.91. The van der Waals surface area contributed by atoms with Crippen molar-refractivity contribution in [2.45, 2.75) is 37.2 Å². The van der Waals surface area contributed by atoms with Gasteiger partial charge in [-0.3, -0.25) is 4.79 Å². The van der Waals surface area contributed by atoms with Gasteiger partial charge in [-0.25, -0.2) is 8.42 Å². The van der Waals surface area contributed by atoms with Crippen molar-refractivity contribution in [2.75, 3.05) is 20.2 Å². The van der Waals surface area contributed by atoms with Gasteiger partial charge in [0, 0.05) is 25.8 Å². The Morgan fingerprint density at radius 1 is 1.38 bits per heavy atom. The molecule has 1 aromatic rings. The van der Waals surface area contributed by atoms with Crippen LogP contribution >= 0.6 is 0 Å². The van der Waals surface area contributed by atoms with Gasteiger partial charge in [0.25, 0.3) is 0 Å². The van der Waals surface area contributed by atoms with Crippen LogP contribution in [0.5, 0.6) is 0 Å². The maximum absolute atomic E-state index is 12.5. The predicted molar refractivity (Wildman–Crippen MR) is 79.9 cm³/mol. The van der Waals surface area contributed by atoms with Crippen LogP contribution in [0.15, 0.2) is 29.2 Å². The highest BCUT2D eigenvalue weighted by atomic mass is 32.2. The Morgan fingerprint density at radius 2 is 2.14 bits per heavy atom. The number of hydrogen-bond acceptors (Lipinski definition) is 4. The van der Waals surface area contributed by atoms with Gasteiger partial charge in [0.15, 0.2) is 5.78 Å². The van der Waals surface area contributed by atoms with Gasteiger partial charge < -0.3 is 4.74 Å². The van der Waals surface area contributed by atoms with Crippen molar-refractivity contribution in [3.05, 3.63) is 29.8 Å². The average molecular weight is 311 g/mol. The molecule has 2 rings (SSSR count). The molecule has 1 saturated heterocycles. The van der Waals surface area contributed by atoms with E-state index in [1.165, 1.54) is 23.4 Å². The summed E-state index contributed by atoms with van der Waals surface area (Å²) < 4.78 is 32.0. The molecule has 0 amide bonds. The molecule has 0 aromatic heterocycles. The number of rotatable bonds is 5. The summed E-state index contributed by atoms with van der Waals surface area (Å²) in [6.07, 6.45) is 2.94. The van der Waals surface area contributed by atoms with Gasteiger partial charge >= 0.3 is 0 Å². The maximum atomic E-state index is 12.5. The Morgan fingerprint density at radius 3 is 2.76 bits per heavy atom. The van der Waals surface area contributed by atoms with Crippen LogP contribution in [-0.4, -0.2) is 44.8 Å². The van der Waals surface area contributed by atoms with Gasteiger partial charge in [-0.05, 0) is 38.3 Å². The zero-order valence-corrected chi connectivity index (χ0v) is 13.2. The first-order valence-electron chi connectivity index (χ1n) is 7.10. The highest BCUT2D eigenvalue weighted by Crippen LogP contribution is 2.19. The molecule has 0 aliphatic carbocycles. The lowest BCUT2D eigenvalue weighted by Crippen LogP contribution is -2.37. The van der Waals surface area contributed by atoms with E-state index < -0.39 is 10.0 Å². The quantitative estimate of drug-likeness (QED) is 0.781. The minimum absolute atomic E-state index is 0.0467. The lowest BCUT2D eigenvalue weighted by molar-refractivity contribution is 0.00858. The number of likely N-dealkylation sites (N-methyl/N-ethyl adjacent to an activating group) is 1. The fourth-order valence-corrected chi connectivity index (χ4v) is 3.64. The van der Waals surface area contributed by atoms with Crippen molar-refractivity contribution in [2.24, 2.45) is 0 Å². The highest BCUT2D eigenvalue weighted by molar-refractivity contribution is 7.89. The van der Waals surface area contributed by atoms with E-state index in [1.54, 1.807) is 19.2 Å². The van der Waals surface area contributed by atoms with E-state index in [0.717, 1.165) is 19.3 Å². The molecular weight excluding hydrogens is 290 g/mol. The number of carbonyl (C=O) groups excluding carboxylic acids is 1. The van der Waals surface area contributed by atoms with Crippen LogP contribution in [0.25, 0.3) is 0 Å². The number of benzene rings is 1. The third-order valence-electron chi connectivity index (χ3n) is 3.68. The summed E-state index contributed by atoms with van der Waals surface area (Å²) in [7, 11) is -2.04. The molecule has 0 bridgehead atoms. The van der Waals surface area contributed by atoms with Crippen LogP contribution in [-0.2, 0) is 14.8 Å². The van der Waals surface area contributed by atoms with E-state index >= 15 is 0 Å². The van der Waals surface area contributed by atoms with E-state index in [0.29, 0.717) is 18.7 Å². The molecule has 1 heterocycles. The van der Waals surface area contributed by atoms with Crippen molar-refractivity contribution in [3.8, 4) is 0 Å². The van der Waals surface area contributed by atoms with Gasteiger partial charge in [-0.1, -0.05) is 12.1 Å². The molecule has 0 spiro atoms. The Bertz CT molecular complexity index is 606. The number of sulfonamides is 1. The van der Waals surface area contributed by atoms with Crippen molar-refractivity contribution in [1.29, 1.82) is 0 Å². The van der Waals surface area contributed by atoms with E-state index in [2.05, 4.69) is 0 Å². The van der Waals surface area contributed by atoms with Gasteiger partial charge in [0.1, 0.15) is 0 Å². The SMILES string of the molecule is CC(=O)c1cccc(S(=O)(=O)N(C)CC2CCCCO2)c1. The fraction of sp³-hybridized carbons (Fsp3) is 0.533. The van der Waals surface area contributed by atoms with E-state index in [1.807, 2.05) is 0 Å². The van der Waals surface area contributed by atoms with Crippen molar-refractivity contribution >= 4 is 15.8 Å². The number of hydrogen-bond donors (Lipinski definition) is 0. The Hall–Kier alpha value is -1.24. The molecule has 0 saturated carbocycles. The van der Waals surface area contributed by atoms with Crippen molar-refractivity contribution < 1.29 is 17.9 Å². The monoisotopic (exact) mass is 311 g/mol. The maximum Gasteiger partial charge on any atom is 0.242 e. The highest BCUT2D eigenvalue weighted by Gasteiger charge is 2.25. The number of ether oxygens (including phenoxy) is 1. The zero-order chi connectivity index (χ0) is 15.5. The summed E-state index contributed by atoms with van der Waals surface area (Å²) in [6, 6.07) is 6.15. The molecule has 21 heavy (non-hydrogen) atoms. The first kappa shape index (κ1) is 16.1. The summed E-state index contributed by atoms with van der Waals surface area (Å²) >= 11 is 0. The average Bonchev–Trinajstić information content (AvgIpc) is 2.48. The molecule has 1 aliphatic heterocycles. The Labute approximate surface area is 126 Å². The number of ketones is 1. The molecule has 1 aromatic carbocycles.